The predicted octanol–water partition coefficient (Wildman–Crippen LogP) is 2.48. The summed E-state index contributed by atoms with van der Waals surface area (Å²) in [7, 11) is 0. The fourth-order valence-electron chi connectivity index (χ4n) is 2.37. The summed E-state index contributed by atoms with van der Waals surface area (Å²) in [4.78, 5) is 8.42. The van der Waals surface area contributed by atoms with Crippen LogP contribution < -0.4 is 5.32 Å². The van der Waals surface area contributed by atoms with E-state index in [-0.39, 0.29) is 0 Å². The first kappa shape index (κ1) is 13.0. The lowest BCUT2D eigenvalue weighted by Crippen LogP contribution is -2.33. The molecule has 1 atom stereocenters. The highest BCUT2D eigenvalue weighted by Gasteiger charge is 2.17. The number of piperidine rings is 1. The molecule has 0 amide bonds. The van der Waals surface area contributed by atoms with Crippen LogP contribution in [0.4, 0.5) is 0 Å². The second kappa shape index (κ2) is 6.47. The van der Waals surface area contributed by atoms with Crippen molar-refractivity contribution in [1.29, 1.82) is 0 Å². The molecule has 0 radical (unpaired) electrons. The molecule has 1 aliphatic rings. The Morgan fingerprint density at radius 1 is 1.59 bits per heavy atom. The van der Waals surface area contributed by atoms with Gasteiger partial charge < -0.3 is 5.32 Å². The molecule has 1 aliphatic heterocycles. The lowest BCUT2D eigenvalue weighted by molar-refractivity contribution is 0.176. The Hall–Kier alpha value is -0.450. The van der Waals surface area contributed by atoms with Gasteiger partial charge in [-0.1, -0.05) is 13.8 Å². The van der Waals surface area contributed by atoms with Gasteiger partial charge in [0.25, 0.3) is 0 Å². The van der Waals surface area contributed by atoms with Gasteiger partial charge >= 0.3 is 0 Å². The van der Waals surface area contributed by atoms with Gasteiger partial charge in [0.2, 0.25) is 0 Å². The van der Waals surface area contributed by atoms with Crippen LogP contribution in [-0.4, -0.2) is 29.5 Å². The third kappa shape index (κ3) is 4.05. The number of aromatic nitrogens is 1. The standard InChI is InChI=1S/C13H23N3S/c1-3-14-7-12-8-15-13(17-12)10-16-6-4-5-11(2)9-16/h8,11,14H,3-7,9-10H2,1-2H3. The van der Waals surface area contributed by atoms with Crippen LogP contribution in [0.25, 0.3) is 0 Å². The molecular formula is C13H23N3S. The Morgan fingerprint density at radius 2 is 2.47 bits per heavy atom. The molecule has 1 fully saturated rings. The van der Waals surface area contributed by atoms with E-state index in [0.29, 0.717) is 0 Å². The molecule has 0 aromatic carbocycles. The molecule has 96 valence electrons. The lowest BCUT2D eigenvalue weighted by Gasteiger charge is -2.29. The summed E-state index contributed by atoms with van der Waals surface area (Å²) in [5, 5.41) is 4.62. The summed E-state index contributed by atoms with van der Waals surface area (Å²) >= 11 is 1.85. The highest BCUT2D eigenvalue weighted by molar-refractivity contribution is 7.11. The normalized spacial score (nSPS) is 21.9. The molecule has 1 aromatic rings. The highest BCUT2D eigenvalue weighted by atomic mass is 32.1. The number of rotatable bonds is 5. The van der Waals surface area contributed by atoms with Crippen LogP contribution >= 0.6 is 11.3 Å². The van der Waals surface area contributed by atoms with E-state index in [1.807, 2.05) is 17.5 Å². The molecule has 2 rings (SSSR count). The van der Waals surface area contributed by atoms with Crippen molar-refractivity contribution >= 4 is 11.3 Å². The summed E-state index contributed by atoms with van der Waals surface area (Å²) in [6.45, 7) is 10.00. The Labute approximate surface area is 108 Å². The van der Waals surface area contributed by atoms with E-state index in [1.54, 1.807) is 0 Å². The maximum atomic E-state index is 4.53. The first-order valence-corrected chi connectivity index (χ1v) is 7.46. The van der Waals surface area contributed by atoms with E-state index in [9.17, 15) is 0 Å². The third-order valence-electron chi connectivity index (χ3n) is 3.25. The van der Waals surface area contributed by atoms with Crippen molar-refractivity contribution in [1.82, 2.24) is 15.2 Å². The number of thiazole rings is 1. The van der Waals surface area contributed by atoms with Gasteiger partial charge in [0.05, 0.1) is 6.54 Å². The maximum Gasteiger partial charge on any atom is 0.107 e. The van der Waals surface area contributed by atoms with Crippen molar-refractivity contribution in [2.24, 2.45) is 5.92 Å². The molecule has 4 heteroatoms. The van der Waals surface area contributed by atoms with Gasteiger partial charge in [-0.15, -0.1) is 11.3 Å². The van der Waals surface area contributed by atoms with Crippen LogP contribution in [0, 0.1) is 5.92 Å². The Bertz CT molecular complexity index is 337. The second-order valence-electron chi connectivity index (χ2n) is 4.98. The molecule has 1 saturated heterocycles. The zero-order chi connectivity index (χ0) is 12.1. The molecule has 1 unspecified atom stereocenters. The Kier molecular flexibility index (Phi) is 4.95. The smallest absolute Gasteiger partial charge is 0.107 e. The average molecular weight is 253 g/mol. The first-order chi connectivity index (χ1) is 8.28. The second-order valence-corrected chi connectivity index (χ2v) is 6.18. The maximum absolute atomic E-state index is 4.53. The van der Waals surface area contributed by atoms with E-state index in [4.69, 9.17) is 0 Å². The minimum Gasteiger partial charge on any atom is -0.312 e. The molecule has 0 spiro atoms. The van der Waals surface area contributed by atoms with E-state index >= 15 is 0 Å². The first-order valence-electron chi connectivity index (χ1n) is 6.64. The van der Waals surface area contributed by atoms with Crippen LogP contribution in [0.15, 0.2) is 6.20 Å². The van der Waals surface area contributed by atoms with Crippen LogP contribution in [0.5, 0.6) is 0 Å². The van der Waals surface area contributed by atoms with Crippen LogP contribution in [0.3, 0.4) is 0 Å². The zero-order valence-corrected chi connectivity index (χ0v) is 11.7. The van der Waals surface area contributed by atoms with Crippen molar-refractivity contribution in [3.8, 4) is 0 Å². The minimum atomic E-state index is 0.852. The molecule has 0 bridgehead atoms. The van der Waals surface area contributed by atoms with Crippen molar-refractivity contribution in [2.75, 3.05) is 19.6 Å². The van der Waals surface area contributed by atoms with Gasteiger partial charge in [0.1, 0.15) is 5.01 Å². The molecule has 1 N–H and O–H groups in total. The number of nitrogens with zero attached hydrogens (tertiary/aromatic N) is 2. The van der Waals surface area contributed by atoms with Crippen molar-refractivity contribution in [3.05, 3.63) is 16.1 Å². The summed E-state index contributed by atoms with van der Waals surface area (Å²) < 4.78 is 0. The van der Waals surface area contributed by atoms with Crippen LogP contribution in [-0.2, 0) is 13.1 Å². The highest BCUT2D eigenvalue weighted by Crippen LogP contribution is 2.20. The molecular weight excluding hydrogens is 230 g/mol. The fourth-order valence-corrected chi connectivity index (χ4v) is 3.31. The van der Waals surface area contributed by atoms with Crippen molar-refractivity contribution in [2.45, 2.75) is 39.8 Å². The van der Waals surface area contributed by atoms with Crippen LogP contribution in [0.2, 0.25) is 0 Å². The summed E-state index contributed by atoms with van der Waals surface area (Å²) in [5.41, 5.74) is 0. The van der Waals surface area contributed by atoms with E-state index in [2.05, 4.69) is 29.0 Å². The SMILES string of the molecule is CCNCc1cnc(CN2CCCC(C)C2)s1. The number of hydrogen-bond acceptors (Lipinski definition) is 4. The van der Waals surface area contributed by atoms with E-state index in [1.165, 1.54) is 35.8 Å². The topological polar surface area (TPSA) is 28.2 Å². The summed E-state index contributed by atoms with van der Waals surface area (Å²) in [6, 6.07) is 0. The summed E-state index contributed by atoms with van der Waals surface area (Å²) in [6.07, 6.45) is 4.76. The molecule has 3 nitrogen and oxygen atoms in total. The molecule has 1 aromatic heterocycles. The third-order valence-corrected chi connectivity index (χ3v) is 4.23. The number of hydrogen-bond donors (Lipinski definition) is 1. The van der Waals surface area contributed by atoms with Crippen molar-refractivity contribution < 1.29 is 0 Å². The molecule has 0 saturated carbocycles. The van der Waals surface area contributed by atoms with E-state index in [0.717, 1.165) is 25.6 Å². The van der Waals surface area contributed by atoms with Gasteiger partial charge in [-0.2, -0.15) is 0 Å². The van der Waals surface area contributed by atoms with Gasteiger partial charge in [-0.25, -0.2) is 4.98 Å². The largest absolute Gasteiger partial charge is 0.312 e. The zero-order valence-electron chi connectivity index (χ0n) is 10.9. The fraction of sp³-hybridized carbons (Fsp3) is 0.769. The van der Waals surface area contributed by atoms with E-state index < -0.39 is 0 Å². The van der Waals surface area contributed by atoms with Gasteiger partial charge in [-0.05, 0) is 31.8 Å². The number of likely N-dealkylation sites (tertiary alicyclic amines) is 1. The Morgan fingerprint density at radius 3 is 3.24 bits per heavy atom. The lowest BCUT2D eigenvalue weighted by atomic mass is 10.0. The van der Waals surface area contributed by atoms with Crippen molar-refractivity contribution in [3.63, 3.8) is 0 Å². The van der Waals surface area contributed by atoms with Gasteiger partial charge in [-0.3, -0.25) is 4.90 Å². The molecule has 0 aliphatic carbocycles. The quantitative estimate of drug-likeness (QED) is 0.874. The Balaban J connectivity index is 1.83. The predicted molar refractivity (Wildman–Crippen MR) is 73.2 cm³/mol. The minimum absolute atomic E-state index is 0.852. The number of nitrogens with one attached hydrogen (secondary N) is 1. The van der Waals surface area contributed by atoms with Crippen LogP contribution in [0.1, 0.15) is 36.6 Å². The average Bonchev–Trinajstić information content (AvgIpc) is 2.74. The molecule has 17 heavy (non-hydrogen) atoms. The van der Waals surface area contributed by atoms with Gasteiger partial charge in [0, 0.05) is 24.2 Å². The monoisotopic (exact) mass is 253 g/mol. The summed E-state index contributed by atoms with van der Waals surface area (Å²) in [5.74, 6) is 0.852. The van der Waals surface area contributed by atoms with Gasteiger partial charge in [0.15, 0.2) is 0 Å². The molecule has 2 heterocycles.